The summed E-state index contributed by atoms with van der Waals surface area (Å²) in [6.45, 7) is 3.50. The highest BCUT2D eigenvalue weighted by Gasteiger charge is 2.27. The summed E-state index contributed by atoms with van der Waals surface area (Å²) in [6.07, 6.45) is 0. The van der Waals surface area contributed by atoms with Crippen LogP contribution in [0, 0.1) is 6.92 Å². The first kappa shape index (κ1) is 9.88. The number of hydrogen-bond acceptors (Lipinski definition) is 2. The predicted molar refractivity (Wildman–Crippen MR) is 66.0 cm³/mol. The van der Waals surface area contributed by atoms with Crippen molar-refractivity contribution in [3.8, 4) is 0 Å². The van der Waals surface area contributed by atoms with Gasteiger partial charge >= 0.3 is 7.12 Å². The maximum atomic E-state index is 5.56. The topological polar surface area (TPSA) is 18.5 Å². The van der Waals surface area contributed by atoms with E-state index in [0.29, 0.717) is 13.2 Å². The molecule has 80 valence electrons. The Morgan fingerprint density at radius 1 is 0.938 bits per heavy atom. The van der Waals surface area contributed by atoms with E-state index in [1.54, 1.807) is 0 Å². The van der Waals surface area contributed by atoms with Crippen LogP contribution in [0.5, 0.6) is 0 Å². The number of rotatable bonds is 1. The minimum Gasteiger partial charge on any atom is -0.405 e. The average molecular weight is 212 g/mol. The summed E-state index contributed by atoms with van der Waals surface area (Å²) in [7, 11) is -0.189. The molecule has 0 saturated carbocycles. The maximum absolute atomic E-state index is 5.56. The molecule has 16 heavy (non-hydrogen) atoms. The Hall–Kier alpha value is -1.32. The number of benzene rings is 2. The zero-order valence-electron chi connectivity index (χ0n) is 9.27. The predicted octanol–water partition coefficient (Wildman–Crippen LogP) is 1.89. The van der Waals surface area contributed by atoms with Gasteiger partial charge in [0.25, 0.3) is 0 Å². The molecule has 0 radical (unpaired) electrons. The number of hydrogen-bond donors (Lipinski definition) is 0. The minimum absolute atomic E-state index is 0.189. The Bertz CT molecular complexity index is 518. The molecule has 0 unspecified atom stereocenters. The molecular weight excluding hydrogens is 199 g/mol. The van der Waals surface area contributed by atoms with Crippen molar-refractivity contribution in [2.24, 2.45) is 0 Å². The fourth-order valence-electron chi connectivity index (χ4n) is 2.22. The van der Waals surface area contributed by atoms with Crippen molar-refractivity contribution in [1.29, 1.82) is 0 Å². The van der Waals surface area contributed by atoms with Crippen molar-refractivity contribution >= 4 is 23.4 Å². The van der Waals surface area contributed by atoms with Gasteiger partial charge in [-0.1, -0.05) is 36.4 Å². The van der Waals surface area contributed by atoms with Crippen molar-refractivity contribution in [1.82, 2.24) is 0 Å². The van der Waals surface area contributed by atoms with Gasteiger partial charge in [-0.25, -0.2) is 0 Å². The lowest BCUT2D eigenvalue weighted by Gasteiger charge is -2.10. The van der Waals surface area contributed by atoms with Crippen molar-refractivity contribution in [2.75, 3.05) is 13.2 Å². The van der Waals surface area contributed by atoms with Gasteiger partial charge in [0.1, 0.15) is 0 Å². The molecule has 1 aliphatic rings. The van der Waals surface area contributed by atoms with Gasteiger partial charge in [-0.15, -0.1) is 0 Å². The van der Waals surface area contributed by atoms with Crippen LogP contribution >= 0.6 is 0 Å². The van der Waals surface area contributed by atoms with E-state index in [1.807, 2.05) is 0 Å². The quantitative estimate of drug-likeness (QED) is 0.672. The van der Waals surface area contributed by atoms with E-state index < -0.39 is 0 Å². The lowest BCUT2D eigenvalue weighted by atomic mass is 9.76. The summed E-state index contributed by atoms with van der Waals surface area (Å²) in [5.41, 5.74) is 2.43. The second-order valence-corrected chi connectivity index (χ2v) is 4.09. The summed E-state index contributed by atoms with van der Waals surface area (Å²) in [5, 5.41) is 2.51. The van der Waals surface area contributed by atoms with Crippen LogP contribution in [0.3, 0.4) is 0 Å². The van der Waals surface area contributed by atoms with Gasteiger partial charge in [0.2, 0.25) is 0 Å². The van der Waals surface area contributed by atoms with Crippen LogP contribution in [0.25, 0.3) is 10.8 Å². The molecule has 1 saturated heterocycles. The highest BCUT2D eigenvalue weighted by molar-refractivity contribution is 6.64. The smallest absolute Gasteiger partial charge is 0.405 e. The highest BCUT2D eigenvalue weighted by Crippen LogP contribution is 2.17. The molecule has 2 nitrogen and oxygen atoms in total. The van der Waals surface area contributed by atoms with E-state index in [4.69, 9.17) is 9.31 Å². The van der Waals surface area contributed by atoms with Crippen LogP contribution in [-0.2, 0) is 9.31 Å². The third-order valence-corrected chi connectivity index (χ3v) is 3.05. The van der Waals surface area contributed by atoms with Crippen molar-refractivity contribution < 1.29 is 9.31 Å². The van der Waals surface area contributed by atoms with Crippen LogP contribution < -0.4 is 5.46 Å². The summed E-state index contributed by atoms with van der Waals surface area (Å²) >= 11 is 0. The zero-order chi connectivity index (χ0) is 11.0. The van der Waals surface area contributed by atoms with Crippen LogP contribution in [0.4, 0.5) is 0 Å². The highest BCUT2D eigenvalue weighted by atomic mass is 16.6. The fraction of sp³-hybridized carbons (Fsp3) is 0.231. The minimum atomic E-state index is -0.189. The zero-order valence-corrected chi connectivity index (χ0v) is 9.27. The first-order valence-electron chi connectivity index (χ1n) is 5.58. The van der Waals surface area contributed by atoms with Crippen LogP contribution in [0.2, 0.25) is 0 Å². The van der Waals surface area contributed by atoms with Crippen LogP contribution in [0.1, 0.15) is 5.56 Å². The molecule has 0 bridgehead atoms. The Balaban J connectivity index is 2.21. The third kappa shape index (κ3) is 1.53. The fourth-order valence-corrected chi connectivity index (χ4v) is 2.22. The molecule has 2 aromatic rings. The lowest BCUT2D eigenvalue weighted by Crippen LogP contribution is -2.32. The SMILES string of the molecule is Cc1ccc(B2OCCO2)c2ccccc12. The van der Waals surface area contributed by atoms with Gasteiger partial charge in [-0.05, 0) is 28.7 Å². The largest absolute Gasteiger partial charge is 0.494 e. The monoisotopic (exact) mass is 212 g/mol. The van der Waals surface area contributed by atoms with E-state index in [-0.39, 0.29) is 7.12 Å². The average Bonchev–Trinajstić information content (AvgIpc) is 2.83. The van der Waals surface area contributed by atoms with Crippen LogP contribution in [-0.4, -0.2) is 20.3 Å². The van der Waals surface area contributed by atoms with Crippen molar-refractivity contribution in [3.05, 3.63) is 42.0 Å². The molecule has 0 spiro atoms. The van der Waals surface area contributed by atoms with E-state index in [1.165, 1.54) is 16.3 Å². The summed E-state index contributed by atoms with van der Waals surface area (Å²) in [4.78, 5) is 0. The molecule has 2 aromatic carbocycles. The normalized spacial score (nSPS) is 15.9. The molecule has 0 N–H and O–H groups in total. The van der Waals surface area contributed by atoms with E-state index >= 15 is 0 Å². The Morgan fingerprint density at radius 2 is 1.62 bits per heavy atom. The molecule has 0 aromatic heterocycles. The molecule has 3 heteroatoms. The van der Waals surface area contributed by atoms with Gasteiger partial charge in [-0.3, -0.25) is 0 Å². The standard InChI is InChI=1S/C13H13BO2/c1-10-6-7-13(14-15-8-9-16-14)12-5-3-2-4-11(10)12/h2-7H,8-9H2,1H3. The van der Waals surface area contributed by atoms with Gasteiger partial charge in [0, 0.05) is 0 Å². The summed E-state index contributed by atoms with van der Waals surface area (Å²) < 4.78 is 11.1. The molecule has 0 aliphatic carbocycles. The Labute approximate surface area is 95.3 Å². The molecule has 1 fully saturated rings. The molecule has 3 rings (SSSR count). The second kappa shape index (κ2) is 3.93. The Kier molecular flexibility index (Phi) is 2.42. The molecule has 0 atom stereocenters. The first-order chi connectivity index (χ1) is 7.86. The van der Waals surface area contributed by atoms with Gasteiger partial charge < -0.3 is 9.31 Å². The van der Waals surface area contributed by atoms with Gasteiger partial charge in [0.05, 0.1) is 13.2 Å². The van der Waals surface area contributed by atoms with Crippen LogP contribution in [0.15, 0.2) is 36.4 Å². The summed E-state index contributed by atoms with van der Waals surface area (Å²) in [5.74, 6) is 0. The molecule has 1 aliphatic heterocycles. The lowest BCUT2D eigenvalue weighted by molar-refractivity contribution is 0.365. The van der Waals surface area contributed by atoms with Gasteiger partial charge in [-0.2, -0.15) is 0 Å². The number of aryl methyl sites for hydroxylation is 1. The van der Waals surface area contributed by atoms with Crippen molar-refractivity contribution in [3.63, 3.8) is 0 Å². The molecule has 0 amide bonds. The molecular formula is C13H13BO2. The Morgan fingerprint density at radius 3 is 2.38 bits per heavy atom. The van der Waals surface area contributed by atoms with Crippen molar-refractivity contribution in [2.45, 2.75) is 6.92 Å². The third-order valence-electron chi connectivity index (χ3n) is 3.05. The second-order valence-electron chi connectivity index (χ2n) is 4.09. The first-order valence-corrected chi connectivity index (χ1v) is 5.58. The van der Waals surface area contributed by atoms with E-state index in [2.05, 4.69) is 43.3 Å². The van der Waals surface area contributed by atoms with E-state index in [9.17, 15) is 0 Å². The maximum Gasteiger partial charge on any atom is 0.494 e. The molecule has 1 heterocycles. The number of fused-ring (bicyclic) bond motifs is 1. The van der Waals surface area contributed by atoms with Gasteiger partial charge in [0.15, 0.2) is 0 Å². The van der Waals surface area contributed by atoms with E-state index in [0.717, 1.165) is 5.46 Å². The summed E-state index contributed by atoms with van der Waals surface area (Å²) in [6, 6.07) is 12.6.